The Morgan fingerprint density at radius 2 is 2.12 bits per heavy atom. The highest BCUT2D eigenvalue weighted by Gasteiger charge is 2.25. The second kappa shape index (κ2) is 7.81. The van der Waals surface area contributed by atoms with Crippen molar-refractivity contribution in [2.45, 2.75) is 71.9 Å². The Labute approximate surface area is 145 Å². The number of nitrogens with zero attached hydrogens (tertiary/aromatic N) is 3. The molecule has 0 radical (unpaired) electrons. The second-order valence-electron chi connectivity index (χ2n) is 7.34. The minimum atomic E-state index is -0.476. The summed E-state index contributed by atoms with van der Waals surface area (Å²) in [5.74, 6) is 1.77. The third-order valence-corrected chi connectivity index (χ3v) is 4.04. The number of hydrogen-bond donors (Lipinski definition) is 1. The molecule has 1 saturated heterocycles. The molecule has 1 aliphatic rings. The molecule has 1 amide bonds. The summed E-state index contributed by atoms with van der Waals surface area (Å²) in [5.41, 5.74) is 0.581. The first-order valence-corrected chi connectivity index (χ1v) is 8.86. The van der Waals surface area contributed by atoms with Gasteiger partial charge < -0.3 is 15.0 Å². The molecule has 1 aliphatic heterocycles. The van der Waals surface area contributed by atoms with Crippen molar-refractivity contribution < 1.29 is 9.53 Å². The van der Waals surface area contributed by atoms with Crippen LogP contribution in [0.25, 0.3) is 0 Å². The van der Waals surface area contributed by atoms with Gasteiger partial charge >= 0.3 is 6.09 Å². The maximum atomic E-state index is 11.9. The first-order valence-electron chi connectivity index (χ1n) is 8.86. The summed E-state index contributed by atoms with van der Waals surface area (Å²) < 4.78 is 5.33. The number of ether oxygens (including phenoxy) is 1. The van der Waals surface area contributed by atoms with Crippen molar-refractivity contribution in [3.05, 3.63) is 17.6 Å². The third-order valence-electron chi connectivity index (χ3n) is 4.04. The number of carbonyl (C=O) groups excluding carboxylic acids is 1. The molecule has 2 heterocycles. The molecule has 0 aliphatic carbocycles. The topological polar surface area (TPSA) is 67.4 Å². The van der Waals surface area contributed by atoms with Gasteiger partial charge in [0.25, 0.3) is 0 Å². The summed E-state index contributed by atoms with van der Waals surface area (Å²) in [5, 5.41) is 2.91. The predicted molar refractivity (Wildman–Crippen MR) is 95.4 cm³/mol. The monoisotopic (exact) mass is 334 g/mol. The lowest BCUT2D eigenvalue weighted by Crippen LogP contribution is -2.48. The van der Waals surface area contributed by atoms with Crippen molar-refractivity contribution in [1.82, 2.24) is 15.3 Å². The number of carbonyl (C=O) groups is 1. The number of anilines is 1. The van der Waals surface area contributed by atoms with Crippen LogP contribution < -0.4 is 10.2 Å². The predicted octanol–water partition coefficient (Wildman–Crippen LogP) is 3.23. The number of rotatable bonds is 4. The Balaban J connectivity index is 2.05. The normalized spacial score (nSPS) is 18.4. The molecular formula is C18H30N4O2. The van der Waals surface area contributed by atoms with Crippen molar-refractivity contribution in [2.24, 2.45) is 0 Å². The number of alkyl carbamates (subject to hydrolysis) is 1. The van der Waals surface area contributed by atoms with Crippen LogP contribution in [0.15, 0.2) is 6.07 Å². The standard InChI is InChI=1S/C18H30N4O2/c1-6-14-11-16(21-13(2)20-14)22-10-8-7-9-15(22)12-19-17(23)24-18(3,4)5/h11,15H,6-10,12H2,1-5H3,(H,19,23). The molecule has 1 N–H and O–H groups in total. The van der Waals surface area contributed by atoms with E-state index < -0.39 is 5.60 Å². The summed E-state index contributed by atoms with van der Waals surface area (Å²) in [6, 6.07) is 2.31. The van der Waals surface area contributed by atoms with Crippen LogP contribution in [0.2, 0.25) is 0 Å². The van der Waals surface area contributed by atoms with Gasteiger partial charge in [-0.1, -0.05) is 6.92 Å². The van der Waals surface area contributed by atoms with Crippen molar-refractivity contribution >= 4 is 11.9 Å². The lowest BCUT2D eigenvalue weighted by Gasteiger charge is -2.37. The zero-order chi connectivity index (χ0) is 17.7. The summed E-state index contributed by atoms with van der Waals surface area (Å²) in [6.45, 7) is 11.2. The van der Waals surface area contributed by atoms with Crippen LogP contribution in [-0.2, 0) is 11.2 Å². The molecule has 1 unspecified atom stereocenters. The van der Waals surface area contributed by atoms with Gasteiger partial charge in [0.05, 0.1) is 0 Å². The molecule has 0 aromatic carbocycles. The SMILES string of the molecule is CCc1cc(N2CCCCC2CNC(=O)OC(C)(C)C)nc(C)n1. The number of aromatic nitrogens is 2. The number of nitrogens with one attached hydrogen (secondary N) is 1. The maximum absolute atomic E-state index is 11.9. The van der Waals surface area contributed by atoms with E-state index in [9.17, 15) is 4.79 Å². The molecule has 1 aromatic heterocycles. The summed E-state index contributed by atoms with van der Waals surface area (Å²) in [7, 11) is 0. The number of hydrogen-bond acceptors (Lipinski definition) is 5. The van der Waals surface area contributed by atoms with Gasteiger partial charge in [-0.2, -0.15) is 0 Å². The van der Waals surface area contributed by atoms with Crippen LogP contribution in [0.4, 0.5) is 10.6 Å². The van der Waals surface area contributed by atoms with Gasteiger partial charge in [0.2, 0.25) is 0 Å². The Kier molecular flexibility index (Phi) is 6.02. The minimum absolute atomic E-state index is 0.241. The largest absolute Gasteiger partial charge is 0.444 e. The minimum Gasteiger partial charge on any atom is -0.444 e. The van der Waals surface area contributed by atoms with E-state index in [-0.39, 0.29) is 12.1 Å². The quantitative estimate of drug-likeness (QED) is 0.915. The first kappa shape index (κ1) is 18.5. The van der Waals surface area contributed by atoms with Gasteiger partial charge in [-0.15, -0.1) is 0 Å². The van der Waals surface area contributed by atoms with Crippen LogP contribution in [0.1, 0.15) is 58.5 Å². The van der Waals surface area contributed by atoms with Gasteiger partial charge in [0, 0.05) is 30.9 Å². The third kappa shape index (κ3) is 5.35. The summed E-state index contributed by atoms with van der Waals surface area (Å²) in [6.07, 6.45) is 3.89. The Morgan fingerprint density at radius 1 is 1.38 bits per heavy atom. The van der Waals surface area contributed by atoms with Gasteiger partial charge in [-0.25, -0.2) is 14.8 Å². The van der Waals surface area contributed by atoms with Crippen molar-refractivity contribution in [2.75, 3.05) is 18.0 Å². The smallest absolute Gasteiger partial charge is 0.407 e. The fourth-order valence-electron chi connectivity index (χ4n) is 2.97. The second-order valence-corrected chi connectivity index (χ2v) is 7.34. The molecular weight excluding hydrogens is 304 g/mol. The van der Waals surface area contributed by atoms with E-state index >= 15 is 0 Å². The van der Waals surface area contributed by atoms with E-state index in [1.54, 1.807) is 0 Å². The molecule has 1 atom stereocenters. The molecule has 1 aromatic rings. The highest BCUT2D eigenvalue weighted by atomic mass is 16.6. The van der Waals surface area contributed by atoms with Crippen molar-refractivity contribution in [1.29, 1.82) is 0 Å². The van der Waals surface area contributed by atoms with E-state index in [0.717, 1.165) is 43.1 Å². The Hall–Kier alpha value is -1.85. The molecule has 1 fully saturated rings. The number of piperidine rings is 1. The zero-order valence-electron chi connectivity index (χ0n) is 15.6. The van der Waals surface area contributed by atoms with Crippen LogP contribution in [0.3, 0.4) is 0 Å². The number of amides is 1. The average molecular weight is 334 g/mol. The van der Waals surface area contributed by atoms with E-state index in [1.807, 2.05) is 27.7 Å². The van der Waals surface area contributed by atoms with Crippen LogP contribution >= 0.6 is 0 Å². The molecule has 0 bridgehead atoms. The summed E-state index contributed by atoms with van der Waals surface area (Å²) >= 11 is 0. The Bertz CT molecular complexity index is 569. The van der Waals surface area contributed by atoms with Crippen LogP contribution in [0, 0.1) is 6.92 Å². The molecule has 24 heavy (non-hydrogen) atoms. The highest BCUT2D eigenvalue weighted by Crippen LogP contribution is 2.23. The molecule has 6 heteroatoms. The van der Waals surface area contributed by atoms with E-state index in [2.05, 4.69) is 33.2 Å². The fraction of sp³-hybridized carbons (Fsp3) is 0.722. The van der Waals surface area contributed by atoms with Gasteiger partial charge in [-0.05, 0) is 53.4 Å². The molecule has 0 spiro atoms. The Morgan fingerprint density at radius 3 is 2.79 bits per heavy atom. The average Bonchev–Trinajstić information content (AvgIpc) is 2.51. The van der Waals surface area contributed by atoms with E-state index in [4.69, 9.17) is 4.74 Å². The van der Waals surface area contributed by atoms with Crippen molar-refractivity contribution in [3.8, 4) is 0 Å². The van der Waals surface area contributed by atoms with Crippen LogP contribution in [0.5, 0.6) is 0 Å². The highest BCUT2D eigenvalue weighted by molar-refractivity contribution is 5.67. The first-order chi connectivity index (χ1) is 11.3. The lowest BCUT2D eigenvalue weighted by molar-refractivity contribution is 0.0523. The zero-order valence-corrected chi connectivity index (χ0v) is 15.6. The molecule has 134 valence electrons. The van der Waals surface area contributed by atoms with Gasteiger partial charge in [0.15, 0.2) is 0 Å². The van der Waals surface area contributed by atoms with E-state index in [0.29, 0.717) is 6.54 Å². The van der Waals surface area contributed by atoms with Gasteiger partial charge in [0.1, 0.15) is 17.2 Å². The molecule has 6 nitrogen and oxygen atoms in total. The number of aryl methyl sites for hydroxylation is 2. The molecule has 2 rings (SSSR count). The summed E-state index contributed by atoms with van der Waals surface area (Å²) in [4.78, 5) is 23.3. The fourth-order valence-corrected chi connectivity index (χ4v) is 2.97. The lowest BCUT2D eigenvalue weighted by atomic mass is 10.0. The maximum Gasteiger partial charge on any atom is 0.407 e. The molecule has 0 saturated carbocycles. The van der Waals surface area contributed by atoms with Crippen molar-refractivity contribution in [3.63, 3.8) is 0 Å². The van der Waals surface area contributed by atoms with Crippen LogP contribution in [-0.4, -0.2) is 40.8 Å². The van der Waals surface area contributed by atoms with Gasteiger partial charge in [-0.3, -0.25) is 0 Å². The van der Waals surface area contributed by atoms with E-state index in [1.165, 1.54) is 6.42 Å².